The van der Waals surface area contributed by atoms with E-state index >= 15 is 0 Å². The van der Waals surface area contributed by atoms with Crippen LogP contribution in [-0.2, 0) is 4.74 Å². The van der Waals surface area contributed by atoms with E-state index in [1.807, 2.05) is 11.8 Å². The topological polar surface area (TPSA) is 41.5 Å². The third-order valence-corrected chi connectivity index (χ3v) is 7.35. The molecule has 1 aliphatic carbocycles. The number of hydrogen-bond donors (Lipinski definition) is 2. The van der Waals surface area contributed by atoms with Gasteiger partial charge in [0.2, 0.25) is 0 Å². The zero-order valence-electron chi connectivity index (χ0n) is 13.3. The van der Waals surface area contributed by atoms with Gasteiger partial charge in [-0.05, 0) is 18.8 Å². The molecule has 0 spiro atoms. The van der Waals surface area contributed by atoms with Gasteiger partial charge in [-0.15, -0.1) is 0 Å². The Morgan fingerprint density at radius 3 is 2.90 bits per heavy atom. The first-order valence-electron chi connectivity index (χ1n) is 8.49. The Balaban J connectivity index is 1.55. The molecule has 0 bridgehead atoms. The molecule has 1 saturated heterocycles. The zero-order chi connectivity index (χ0) is 14.9. The van der Waals surface area contributed by atoms with Crippen LogP contribution in [0.2, 0.25) is 0 Å². The van der Waals surface area contributed by atoms with Crippen molar-refractivity contribution in [2.24, 2.45) is 5.92 Å². The molecule has 1 saturated carbocycles. The number of aliphatic hydroxyl groups is 1. The van der Waals surface area contributed by atoms with E-state index in [-0.39, 0.29) is 6.10 Å². The van der Waals surface area contributed by atoms with E-state index in [4.69, 9.17) is 4.74 Å². The molecule has 4 unspecified atom stereocenters. The number of thioether (sulfide) groups is 2. The van der Waals surface area contributed by atoms with Crippen molar-refractivity contribution >= 4 is 23.5 Å². The fraction of sp³-hybridized carbons (Fsp3) is 1.00. The van der Waals surface area contributed by atoms with Crippen LogP contribution in [0.5, 0.6) is 0 Å². The van der Waals surface area contributed by atoms with Crippen molar-refractivity contribution in [2.75, 3.05) is 37.0 Å². The van der Waals surface area contributed by atoms with Gasteiger partial charge in [0.1, 0.15) is 0 Å². The van der Waals surface area contributed by atoms with Gasteiger partial charge in [-0.25, -0.2) is 0 Å². The monoisotopic (exact) mass is 333 g/mol. The summed E-state index contributed by atoms with van der Waals surface area (Å²) in [6.07, 6.45) is 6.32. The lowest BCUT2D eigenvalue weighted by molar-refractivity contribution is -0.0498. The van der Waals surface area contributed by atoms with E-state index in [9.17, 15) is 5.11 Å². The Hall–Kier alpha value is 0.580. The summed E-state index contributed by atoms with van der Waals surface area (Å²) in [5.74, 6) is 4.50. The van der Waals surface area contributed by atoms with Gasteiger partial charge >= 0.3 is 0 Å². The predicted octanol–water partition coefficient (Wildman–Crippen LogP) is 2.77. The van der Waals surface area contributed by atoms with Crippen LogP contribution in [0.3, 0.4) is 0 Å². The van der Waals surface area contributed by atoms with Crippen molar-refractivity contribution in [3.05, 3.63) is 0 Å². The quantitative estimate of drug-likeness (QED) is 0.715. The summed E-state index contributed by atoms with van der Waals surface area (Å²) in [4.78, 5) is 0. The van der Waals surface area contributed by atoms with E-state index in [0.717, 1.165) is 6.54 Å². The molecule has 4 atom stereocenters. The van der Waals surface area contributed by atoms with Crippen LogP contribution in [0.4, 0.5) is 0 Å². The van der Waals surface area contributed by atoms with Crippen molar-refractivity contribution in [2.45, 2.75) is 56.5 Å². The largest absolute Gasteiger partial charge is 0.389 e. The summed E-state index contributed by atoms with van der Waals surface area (Å²) in [6, 6.07) is 0. The van der Waals surface area contributed by atoms with Crippen LogP contribution >= 0.6 is 23.5 Å². The summed E-state index contributed by atoms with van der Waals surface area (Å²) >= 11 is 4.10. The van der Waals surface area contributed by atoms with Crippen molar-refractivity contribution in [3.63, 3.8) is 0 Å². The predicted molar refractivity (Wildman–Crippen MR) is 94.4 cm³/mol. The SMILES string of the molecule is CCC1CCCCC1OCC(O)CNCC1CSCCS1. The van der Waals surface area contributed by atoms with Crippen molar-refractivity contribution in [3.8, 4) is 0 Å². The van der Waals surface area contributed by atoms with E-state index in [1.54, 1.807) is 0 Å². The highest BCUT2D eigenvalue weighted by atomic mass is 32.2. The van der Waals surface area contributed by atoms with Gasteiger partial charge in [-0.2, -0.15) is 23.5 Å². The Labute approximate surface area is 138 Å². The number of hydrogen-bond acceptors (Lipinski definition) is 5. The maximum Gasteiger partial charge on any atom is 0.0897 e. The second-order valence-corrected chi connectivity index (χ2v) is 8.76. The molecule has 2 aliphatic rings. The Bertz CT molecular complexity index is 275. The molecule has 0 radical (unpaired) electrons. The molecule has 124 valence electrons. The molecule has 0 aromatic rings. The average molecular weight is 334 g/mol. The first-order valence-corrected chi connectivity index (χ1v) is 10.7. The molecule has 2 N–H and O–H groups in total. The third kappa shape index (κ3) is 6.69. The van der Waals surface area contributed by atoms with Gasteiger partial charge in [-0.3, -0.25) is 0 Å². The van der Waals surface area contributed by atoms with Gasteiger partial charge in [0.15, 0.2) is 0 Å². The maximum absolute atomic E-state index is 10.1. The smallest absolute Gasteiger partial charge is 0.0897 e. The van der Waals surface area contributed by atoms with Crippen LogP contribution < -0.4 is 5.32 Å². The summed E-state index contributed by atoms with van der Waals surface area (Å²) in [7, 11) is 0. The maximum atomic E-state index is 10.1. The van der Waals surface area contributed by atoms with E-state index in [2.05, 4.69) is 24.0 Å². The standard InChI is InChI=1S/C16H31NO2S2/c1-2-13-5-3-4-6-16(13)19-11-14(18)9-17-10-15-12-20-7-8-21-15/h13-18H,2-12H2,1H3. The lowest BCUT2D eigenvalue weighted by atomic mass is 9.85. The highest BCUT2D eigenvalue weighted by molar-refractivity contribution is 8.06. The molecule has 2 fully saturated rings. The first-order chi connectivity index (χ1) is 10.3. The Morgan fingerprint density at radius 2 is 2.14 bits per heavy atom. The minimum Gasteiger partial charge on any atom is -0.389 e. The molecular weight excluding hydrogens is 302 g/mol. The number of rotatable bonds is 8. The molecule has 5 heteroatoms. The lowest BCUT2D eigenvalue weighted by Crippen LogP contribution is -2.38. The molecule has 1 aliphatic heterocycles. The minimum atomic E-state index is -0.370. The molecule has 2 rings (SSSR count). The molecule has 3 nitrogen and oxygen atoms in total. The van der Waals surface area contributed by atoms with Crippen molar-refractivity contribution in [1.82, 2.24) is 5.32 Å². The normalized spacial score (nSPS) is 32.0. The fourth-order valence-corrected chi connectivity index (χ4v) is 5.87. The highest BCUT2D eigenvalue weighted by Crippen LogP contribution is 2.29. The van der Waals surface area contributed by atoms with Gasteiger partial charge < -0.3 is 15.2 Å². The van der Waals surface area contributed by atoms with E-state index in [1.165, 1.54) is 49.4 Å². The van der Waals surface area contributed by atoms with E-state index < -0.39 is 0 Å². The van der Waals surface area contributed by atoms with Gasteiger partial charge in [0.05, 0.1) is 18.8 Å². The van der Waals surface area contributed by atoms with Crippen LogP contribution in [0.25, 0.3) is 0 Å². The van der Waals surface area contributed by atoms with Gasteiger partial charge in [0.25, 0.3) is 0 Å². The summed E-state index contributed by atoms with van der Waals surface area (Å²) in [5.41, 5.74) is 0. The lowest BCUT2D eigenvalue weighted by Gasteiger charge is -2.31. The first kappa shape index (κ1) is 17.9. The third-order valence-electron chi connectivity index (χ3n) is 4.50. The average Bonchev–Trinajstić information content (AvgIpc) is 2.54. The Kier molecular flexibility index (Phi) is 8.85. The zero-order valence-corrected chi connectivity index (χ0v) is 14.9. The van der Waals surface area contributed by atoms with Crippen LogP contribution in [0.1, 0.15) is 39.0 Å². The molecule has 1 heterocycles. The molecule has 21 heavy (non-hydrogen) atoms. The van der Waals surface area contributed by atoms with Crippen LogP contribution in [0.15, 0.2) is 0 Å². The molecule has 0 aromatic carbocycles. The summed E-state index contributed by atoms with van der Waals surface area (Å²) < 4.78 is 5.99. The van der Waals surface area contributed by atoms with Crippen LogP contribution in [0, 0.1) is 5.92 Å². The van der Waals surface area contributed by atoms with Crippen molar-refractivity contribution in [1.29, 1.82) is 0 Å². The molecular formula is C16H31NO2S2. The number of nitrogens with one attached hydrogen (secondary N) is 1. The van der Waals surface area contributed by atoms with Crippen LogP contribution in [-0.4, -0.2) is 59.5 Å². The van der Waals surface area contributed by atoms with E-state index in [0.29, 0.717) is 30.4 Å². The van der Waals surface area contributed by atoms with Crippen molar-refractivity contribution < 1.29 is 9.84 Å². The second kappa shape index (κ2) is 10.4. The second-order valence-electron chi connectivity index (χ2n) is 6.20. The van der Waals surface area contributed by atoms with Gasteiger partial charge in [0, 0.05) is 35.6 Å². The number of aliphatic hydroxyl groups excluding tert-OH is 1. The fourth-order valence-electron chi connectivity index (χ4n) is 3.22. The number of ether oxygens (including phenoxy) is 1. The highest BCUT2D eigenvalue weighted by Gasteiger charge is 2.24. The summed E-state index contributed by atoms with van der Waals surface area (Å²) in [6.45, 7) is 4.41. The molecule has 0 amide bonds. The summed E-state index contributed by atoms with van der Waals surface area (Å²) in [5, 5.41) is 14.2. The Morgan fingerprint density at radius 1 is 1.29 bits per heavy atom. The minimum absolute atomic E-state index is 0.370. The molecule has 0 aromatic heterocycles. The van der Waals surface area contributed by atoms with Gasteiger partial charge in [-0.1, -0.05) is 26.2 Å².